The molecule has 0 bridgehead atoms. The zero-order valence-corrected chi connectivity index (χ0v) is 10.8. The molecule has 0 saturated heterocycles. The standard InChI is InChI=1S/C14H15FO4/c1-3-19-13(17)14(15)8-11(14)12(16)9-4-6-10(18-2)7-5-9/h4-7,11H,3,8H2,1-2H3/t11-,14-/m0/s1. The van der Waals surface area contributed by atoms with Gasteiger partial charge in [0, 0.05) is 12.0 Å². The highest BCUT2D eigenvalue weighted by atomic mass is 19.1. The van der Waals surface area contributed by atoms with Crippen LogP contribution in [0, 0.1) is 5.92 Å². The molecule has 4 nitrogen and oxygen atoms in total. The molecule has 1 aliphatic carbocycles. The Morgan fingerprint density at radius 1 is 1.37 bits per heavy atom. The number of ether oxygens (including phenoxy) is 2. The van der Waals surface area contributed by atoms with E-state index in [1.807, 2.05) is 0 Å². The van der Waals surface area contributed by atoms with Gasteiger partial charge < -0.3 is 9.47 Å². The van der Waals surface area contributed by atoms with Crippen LogP contribution in [0.15, 0.2) is 24.3 Å². The number of esters is 1. The number of methoxy groups -OCH3 is 1. The second-order valence-electron chi connectivity index (χ2n) is 4.43. The van der Waals surface area contributed by atoms with Gasteiger partial charge in [0.25, 0.3) is 0 Å². The molecule has 0 aliphatic heterocycles. The summed E-state index contributed by atoms with van der Waals surface area (Å²) in [7, 11) is 1.52. The van der Waals surface area contributed by atoms with Crippen LogP contribution < -0.4 is 4.74 Å². The highest BCUT2D eigenvalue weighted by molar-refractivity contribution is 6.05. The molecular formula is C14H15FO4. The molecule has 2 atom stereocenters. The van der Waals surface area contributed by atoms with Crippen molar-refractivity contribution in [2.24, 2.45) is 5.92 Å². The van der Waals surface area contributed by atoms with Crippen LogP contribution in [0.25, 0.3) is 0 Å². The Labute approximate surface area is 110 Å². The quantitative estimate of drug-likeness (QED) is 0.605. The van der Waals surface area contributed by atoms with Crippen LogP contribution in [0.4, 0.5) is 4.39 Å². The molecule has 1 fully saturated rings. The van der Waals surface area contributed by atoms with Gasteiger partial charge in [0.15, 0.2) is 5.78 Å². The summed E-state index contributed by atoms with van der Waals surface area (Å²) >= 11 is 0. The Morgan fingerprint density at radius 2 is 2.00 bits per heavy atom. The number of alkyl halides is 1. The van der Waals surface area contributed by atoms with E-state index in [1.54, 1.807) is 31.2 Å². The first-order valence-electron chi connectivity index (χ1n) is 6.07. The molecule has 0 radical (unpaired) electrons. The summed E-state index contributed by atoms with van der Waals surface area (Å²) < 4.78 is 23.7. The van der Waals surface area contributed by atoms with E-state index in [-0.39, 0.29) is 18.8 Å². The molecule has 19 heavy (non-hydrogen) atoms. The molecule has 5 heteroatoms. The van der Waals surface area contributed by atoms with Crippen LogP contribution in [0.5, 0.6) is 5.75 Å². The number of hydrogen-bond acceptors (Lipinski definition) is 4. The minimum absolute atomic E-state index is 0.101. The monoisotopic (exact) mass is 266 g/mol. The molecular weight excluding hydrogens is 251 g/mol. The van der Waals surface area contributed by atoms with Crippen molar-refractivity contribution >= 4 is 11.8 Å². The SMILES string of the molecule is CCOC(=O)[C@]1(F)C[C@H]1C(=O)c1ccc(OC)cc1. The fourth-order valence-electron chi connectivity index (χ4n) is 1.97. The molecule has 1 aromatic carbocycles. The van der Waals surface area contributed by atoms with E-state index in [4.69, 9.17) is 4.74 Å². The molecule has 0 spiro atoms. The molecule has 0 N–H and O–H groups in total. The molecule has 1 aromatic rings. The Balaban J connectivity index is 2.07. The number of benzene rings is 1. The van der Waals surface area contributed by atoms with Crippen LogP contribution in [0.3, 0.4) is 0 Å². The summed E-state index contributed by atoms with van der Waals surface area (Å²) in [5.74, 6) is -1.63. The van der Waals surface area contributed by atoms with E-state index in [0.29, 0.717) is 11.3 Å². The average molecular weight is 266 g/mol. The van der Waals surface area contributed by atoms with Crippen molar-refractivity contribution in [1.29, 1.82) is 0 Å². The third-order valence-corrected chi connectivity index (χ3v) is 3.20. The Kier molecular flexibility index (Phi) is 3.55. The molecule has 0 amide bonds. The van der Waals surface area contributed by atoms with Gasteiger partial charge in [-0.25, -0.2) is 9.18 Å². The van der Waals surface area contributed by atoms with Gasteiger partial charge in [0.05, 0.1) is 19.6 Å². The number of carbonyl (C=O) groups excluding carboxylic acids is 2. The van der Waals surface area contributed by atoms with E-state index < -0.39 is 17.6 Å². The largest absolute Gasteiger partial charge is 0.497 e. The lowest BCUT2D eigenvalue weighted by molar-refractivity contribution is -0.151. The summed E-state index contributed by atoms with van der Waals surface area (Å²) in [6, 6.07) is 6.37. The zero-order chi connectivity index (χ0) is 14.0. The van der Waals surface area contributed by atoms with Gasteiger partial charge in [-0.1, -0.05) is 0 Å². The van der Waals surface area contributed by atoms with Crippen molar-refractivity contribution in [2.45, 2.75) is 19.0 Å². The maximum absolute atomic E-state index is 14.1. The predicted octanol–water partition coefficient (Wildman–Crippen LogP) is 2.17. The third-order valence-electron chi connectivity index (χ3n) is 3.20. The molecule has 1 saturated carbocycles. The lowest BCUT2D eigenvalue weighted by Gasteiger charge is -2.07. The van der Waals surface area contributed by atoms with E-state index >= 15 is 0 Å². The van der Waals surface area contributed by atoms with Crippen molar-refractivity contribution in [3.63, 3.8) is 0 Å². The smallest absolute Gasteiger partial charge is 0.344 e. The summed E-state index contributed by atoms with van der Waals surface area (Å²) in [5, 5.41) is 0. The molecule has 0 heterocycles. The molecule has 2 rings (SSSR count). The van der Waals surface area contributed by atoms with Crippen LogP contribution in [0.2, 0.25) is 0 Å². The predicted molar refractivity (Wildman–Crippen MR) is 65.9 cm³/mol. The maximum Gasteiger partial charge on any atom is 0.344 e. The van der Waals surface area contributed by atoms with Gasteiger partial charge in [-0.2, -0.15) is 0 Å². The van der Waals surface area contributed by atoms with Gasteiger partial charge in [-0.3, -0.25) is 4.79 Å². The number of halogens is 1. The second-order valence-corrected chi connectivity index (χ2v) is 4.43. The topological polar surface area (TPSA) is 52.6 Å². The summed E-state index contributed by atoms with van der Waals surface area (Å²) in [5.41, 5.74) is -1.78. The summed E-state index contributed by atoms with van der Waals surface area (Å²) in [6.07, 6.45) is -0.101. The number of ketones is 1. The summed E-state index contributed by atoms with van der Waals surface area (Å²) in [4.78, 5) is 23.4. The molecule has 1 aliphatic rings. The van der Waals surface area contributed by atoms with Crippen molar-refractivity contribution < 1.29 is 23.5 Å². The highest BCUT2D eigenvalue weighted by Crippen LogP contribution is 2.50. The maximum atomic E-state index is 14.1. The fraction of sp³-hybridized carbons (Fsp3) is 0.429. The van der Waals surface area contributed by atoms with Crippen LogP contribution >= 0.6 is 0 Å². The molecule has 102 valence electrons. The van der Waals surface area contributed by atoms with E-state index in [0.717, 1.165) is 0 Å². The second kappa shape index (κ2) is 4.99. The zero-order valence-electron chi connectivity index (χ0n) is 10.8. The molecule has 0 unspecified atom stereocenters. The van der Waals surface area contributed by atoms with Crippen molar-refractivity contribution in [2.75, 3.05) is 13.7 Å². The Bertz CT molecular complexity index is 497. The van der Waals surface area contributed by atoms with Crippen molar-refractivity contribution in [3.05, 3.63) is 29.8 Å². The van der Waals surface area contributed by atoms with Gasteiger partial charge in [-0.15, -0.1) is 0 Å². The fourth-order valence-corrected chi connectivity index (χ4v) is 1.97. The number of Topliss-reactive ketones (excluding diaryl/α,β-unsaturated/α-hetero) is 1. The van der Waals surface area contributed by atoms with Crippen molar-refractivity contribution in [1.82, 2.24) is 0 Å². The average Bonchev–Trinajstić information content (AvgIpc) is 3.12. The van der Waals surface area contributed by atoms with Crippen molar-refractivity contribution in [3.8, 4) is 5.75 Å². The van der Waals surface area contributed by atoms with Crippen LogP contribution in [-0.2, 0) is 9.53 Å². The Morgan fingerprint density at radius 3 is 2.53 bits per heavy atom. The highest BCUT2D eigenvalue weighted by Gasteiger charge is 2.66. The van der Waals surface area contributed by atoms with Gasteiger partial charge >= 0.3 is 5.97 Å². The lowest BCUT2D eigenvalue weighted by atomic mass is 10.1. The molecule has 0 aromatic heterocycles. The third kappa shape index (κ3) is 2.45. The van der Waals surface area contributed by atoms with E-state index in [9.17, 15) is 14.0 Å². The van der Waals surface area contributed by atoms with Gasteiger partial charge in [0.1, 0.15) is 5.75 Å². The minimum atomic E-state index is -2.15. The first kappa shape index (κ1) is 13.5. The lowest BCUT2D eigenvalue weighted by Crippen LogP contribution is -2.25. The number of hydrogen-bond donors (Lipinski definition) is 0. The van der Waals surface area contributed by atoms with E-state index in [1.165, 1.54) is 7.11 Å². The normalized spacial score (nSPS) is 24.7. The van der Waals surface area contributed by atoms with Crippen LogP contribution in [-0.4, -0.2) is 31.1 Å². The van der Waals surface area contributed by atoms with E-state index in [2.05, 4.69) is 4.74 Å². The summed E-state index contributed by atoms with van der Waals surface area (Å²) in [6.45, 7) is 1.71. The first-order chi connectivity index (χ1) is 9.02. The Hall–Kier alpha value is -1.91. The van der Waals surface area contributed by atoms with Gasteiger partial charge in [-0.05, 0) is 31.2 Å². The van der Waals surface area contributed by atoms with Crippen LogP contribution in [0.1, 0.15) is 23.7 Å². The minimum Gasteiger partial charge on any atom is -0.497 e. The number of rotatable bonds is 5. The number of carbonyl (C=O) groups is 2. The first-order valence-corrected chi connectivity index (χ1v) is 6.07. The van der Waals surface area contributed by atoms with Gasteiger partial charge in [0.2, 0.25) is 5.67 Å².